The van der Waals surface area contributed by atoms with Crippen LogP contribution >= 0.6 is 0 Å². The third kappa shape index (κ3) is 2.83. The Hall–Kier alpha value is -1.70. The Morgan fingerprint density at radius 1 is 1.47 bits per heavy atom. The van der Waals surface area contributed by atoms with Crippen molar-refractivity contribution in [3.05, 3.63) is 28.4 Å². The number of likely N-dealkylation sites (tertiary alicyclic amines) is 1. The first-order valence-corrected chi connectivity index (χ1v) is 6.13. The van der Waals surface area contributed by atoms with Crippen LogP contribution in [0.1, 0.15) is 12.0 Å². The van der Waals surface area contributed by atoms with E-state index < -0.39 is 0 Å². The van der Waals surface area contributed by atoms with Crippen LogP contribution in [0.5, 0.6) is 0 Å². The molecule has 3 rings (SSSR count). The predicted octanol–water partition coefficient (Wildman–Crippen LogP) is -0.574. The lowest BCUT2D eigenvalue weighted by Gasteiger charge is -2.13. The van der Waals surface area contributed by atoms with Gasteiger partial charge in [-0.3, -0.25) is 9.69 Å². The molecule has 1 aliphatic rings. The summed E-state index contributed by atoms with van der Waals surface area (Å²) in [6.45, 7) is 2.29. The van der Waals surface area contributed by atoms with E-state index >= 15 is 0 Å². The number of aromatic amines is 2. The highest BCUT2D eigenvalue weighted by molar-refractivity contribution is 5.77. The van der Waals surface area contributed by atoms with E-state index in [1.54, 1.807) is 0 Å². The fourth-order valence-corrected chi connectivity index (χ4v) is 2.32. The van der Waals surface area contributed by atoms with E-state index in [0.29, 0.717) is 18.6 Å². The van der Waals surface area contributed by atoms with Crippen molar-refractivity contribution in [3.63, 3.8) is 0 Å². The second kappa shape index (κ2) is 5.96. The van der Waals surface area contributed by atoms with Gasteiger partial charge in [0.25, 0.3) is 5.56 Å². The van der Waals surface area contributed by atoms with E-state index in [4.69, 9.17) is 5.11 Å². The molecular formula is C12H18N4O3. The topological polar surface area (TPSA) is 105 Å². The quantitative estimate of drug-likeness (QED) is 0.582. The molecule has 0 radical (unpaired) electrons. The zero-order valence-electron chi connectivity index (χ0n) is 10.8. The summed E-state index contributed by atoms with van der Waals surface area (Å²) in [6, 6.07) is 0. The SMILES string of the molecule is CO.O=c1[nH]cnc2c(CN3CCC(O)C3)c[nH]c12. The van der Waals surface area contributed by atoms with Gasteiger partial charge in [-0.2, -0.15) is 0 Å². The fraction of sp³-hybridized carbons (Fsp3) is 0.500. The van der Waals surface area contributed by atoms with E-state index in [0.717, 1.165) is 31.2 Å². The molecule has 2 aromatic heterocycles. The molecule has 1 aliphatic heterocycles. The van der Waals surface area contributed by atoms with Crippen LogP contribution in [0.15, 0.2) is 17.3 Å². The number of aliphatic hydroxyl groups excluding tert-OH is 2. The molecular weight excluding hydrogens is 248 g/mol. The van der Waals surface area contributed by atoms with Crippen molar-refractivity contribution in [3.8, 4) is 0 Å². The molecule has 1 atom stereocenters. The Morgan fingerprint density at radius 3 is 2.95 bits per heavy atom. The van der Waals surface area contributed by atoms with Gasteiger partial charge in [-0.05, 0) is 6.42 Å². The van der Waals surface area contributed by atoms with Crippen LogP contribution in [0.3, 0.4) is 0 Å². The summed E-state index contributed by atoms with van der Waals surface area (Å²) < 4.78 is 0. The Balaban J connectivity index is 0.000000637. The maximum Gasteiger partial charge on any atom is 0.275 e. The number of H-pyrrole nitrogens is 2. The average Bonchev–Trinajstić information content (AvgIpc) is 3.01. The highest BCUT2D eigenvalue weighted by atomic mass is 16.3. The largest absolute Gasteiger partial charge is 0.400 e. The number of aliphatic hydroxyl groups is 2. The first-order chi connectivity index (χ1) is 9.24. The van der Waals surface area contributed by atoms with Crippen LogP contribution in [0.25, 0.3) is 11.0 Å². The third-order valence-electron chi connectivity index (χ3n) is 3.19. The summed E-state index contributed by atoms with van der Waals surface area (Å²) in [5, 5.41) is 16.5. The lowest BCUT2D eigenvalue weighted by atomic mass is 10.2. The van der Waals surface area contributed by atoms with Crippen molar-refractivity contribution in [1.82, 2.24) is 19.9 Å². The lowest BCUT2D eigenvalue weighted by molar-refractivity contribution is 0.175. The smallest absolute Gasteiger partial charge is 0.275 e. The first-order valence-electron chi connectivity index (χ1n) is 6.13. The van der Waals surface area contributed by atoms with Crippen LogP contribution in [-0.4, -0.2) is 56.4 Å². The standard InChI is InChI=1S/C11H14N4O2.CH4O/c16-8-1-2-15(5-8)4-7-3-12-10-9(7)13-6-14-11(10)17;1-2/h3,6,8,12,16H,1-2,4-5H2,(H,13,14,17);2H,1H3. The monoisotopic (exact) mass is 266 g/mol. The molecule has 0 saturated carbocycles. The number of rotatable bonds is 2. The Morgan fingerprint density at radius 2 is 2.26 bits per heavy atom. The van der Waals surface area contributed by atoms with E-state index in [9.17, 15) is 9.90 Å². The summed E-state index contributed by atoms with van der Waals surface area (Å²) in [7, 11) is 1.00. The van der Waals surface area contributed by atoms with Gasteiger partial charge in [0.15, 0.2) is 0 Å². The van der Waals surface area contributed by atoms with Crippen LogP contribution in [0, 0.1) is 0 Å². The second-order valence-electron chi connectivity index (χ2n) is 4.45. The van der Waals surface area contributed by atoms with Crippen LogP contribution in [0.4, 0.5) is 0 Å². The molecule has 0 bridgehead atoms. The maximum atomic E-state index is 11.5. The summed E-state index contributed by atoms with van der Waals surface area (Å²) in [6.07, 6.45) is 3.83. The number of aromatic nitrogens is 3. The van der Waals surface area contributed by atoms with Gasteiger partial charge < -0.3 is 20.2 Å². The summed E-state index contributed by atoms with van der Waals surface area (Å²) >= 11 is 0. The van der Waals surface area contributed by atoms with Gasteiger partial charge in [0, 0.05) is 38.5 Å². The molecule has 4 N–H and O–H groups in total. The second-order valence-corrected chi connectivity index (χ2v) is 4.45. The van der Waals surface area contributed by atoms with E-state index in [1.165, 1.54) is 6.33 Å². The molecule has 104 valence electrons. The van der Waals surface area contributed by atoms with Crippen molar-refractivity contribution in [2.45, 2.75) is 19.1 Å². The average molecular weight is 266 g/mol. The van der Waals surface area contributed by atoms with Gasteiger partial charge in [-0.25, -0.2) is 4.98 Å². The van der Waals surface area contributed by atoms with E-state index in [1.807, 2.05) is 6.20 Å². The highest BCUT2D eigenvalue weighted by Gasteiger charge is 2.21. The fourth-order valence-electron chi connectivity index (χ4n) is 2.32. The number of β-amino-alcohol motifs (C(OH)–C–C–N with tert-alkyl or cyclic N) is 1. The molecule has 2 aromatic rings. The van der Waals surface area contributed by atoms with E-state index in [-0.39, 0.29) is 11.7 Å². The summed E-state index contributed by atoms with van der Waals surface area (Å²) in [4.78, 5) is 23.3. The van der Waals surface area contributed by atoms with Gasteiger partial charge in [0.2, 0.25) is 0 Å². The maximum absolute atomic E-state index is 11.5. The molecule has 3 heterocycles. The van der Waals surface area contributed by atoms with Crippen LogP contribution in [-0.2, 0) is 6.54 Å². The Kier molecular flexibility index (Phi) is 4.31. The molecule has 1 saturated heterocycles. The molecule has 1 unspecified atom stereocenters. The highest BCUT2D eigenvalue weighted by Crippen LogP contribution is 2.17. The number of fused-ring (bicyclic) bond motifs is 1. The molecule has 7 nitrogen and oxygen atoms in total. The van der Waals surface area contributed by atoms with Gasteiger partial charge in [-0.15, -0.1) is 0 Å². The summed E-state index contributed by atoms with van der Waals surface area (Å²) in [5.41, 5.74) is 2.08. The molecule has 19 heavy (non-hydrogen) atoms. The van der Waals surface area contributed by atoms with Crippen molar-refractivity contribution in [1.29, 1.82) is 0 Å². The predicted molar refractivity (Wildman–Crippen MR) is 70.8 cm³/mol. The summed E-state index contributed by atoms with van der Waals surface area (Å²) in [5.74, 6) is 0. The molecule has 0 aromatic carbocycles. The lowest BCUT2D eigenvalue weighted by Crippen LogP contribution is -2.21. The molecule has 0 aliphatic carbocycles. The minimum atomic E-state index is -0.225. The number of hydrogen-bond donors (Lipinski definition) is 4. The third-order valence-corrected chi connectivity index (χ3v) is 3.19. The molecule has 0 spiro atoms. The van der Waals surface area contributed by atoms with Crippen molar-refractivity contribution in [2.75, 3.05) is 20.2 Å². The zero-order chi connectivity index (χ0) is 13.8. The number of hydrogen-bond acceptors (Lipinski definition) is 5. The first kappa shape index (κ1) is 13.7. The van der Waals surface area contributed by atoms with Crippen LogP contribution in [0.2, 0.25) is 0 Å². The minimum absolute atomic E-state index is 0.150. The molecule has 0 amide bonds. The zero-order valence-corrected chi connectivity index (χ0v) is 10.8. The van der Waals surface area contributed by atoms with Crippen molar-refractivity contribution in [2.24, 2.45) is 0 Å². The number of nitrogens with zero attached hydrogens (tertiary/aromatic N) is 2. The van der Waals surface area contributed by atoms with Crippen LogP contribution < -0.4 is 5.56 Å². The van der Waals surface area contributed by atoms with Crippen molar-refractivity contribution >= 4 is 11.0 Å². The number of nitrogens with one attached hydrogen (secondary N) is 2. The van der Waals surface area contributed by atoms with Crippen molar-refractivity contribution < 1.29 is 10.2 Å². The normalized spacial score (nSPS) is 19.4. The van der Waals surface area contributed by atoms with E-state index in [2.05, 4.69) is 19.9 Å². The van der Waals surface area contributed by atoms with Gasteiger partial charge in [0.1, 0.15) is 5.52 Å². The van der Waals surface area contributed by atoms with Gasteiger partial charge in [-0.1, -0.05) is 0 Å². The Labute approximate surface area is 109 Å². The minimum Gasteiger partial charge on any atom is -0.400 e. The Bertz CT molecular complexity index is 592. The van der Waals surface area contributed by atoms with Gasteiger partial charge >= 0.3 is 0 Å². The molecule has 1 fully saturated rings. The molecule has 7 heteroatoms. The van der Waals surface area contributed by atoms with Gasteiger partial charge in [0.05, 0.1) is 17.9 Å².